The van der Waals surface area contributed by atoms with E-state index in [1.54, 1.807) is 29.2 Å². The van der Waals surface area contributed by atoms with Crippen molar-refractivity contribution < 1.29 is 52.6 Å². The monoisotopic (exact) mass is 753 g/mol. The van der Waals surface area contributed by atoms with E-state index in [0.29, 0.717) is 0 Å². The Morgan fingerprint density at radius 2 is 1.13 bits per heavy atom. The summed E-state index contributed by atoms with van der Waals surface area (Å²) >= 11 is 2.95. The van der Waals surface area contributed by atoms with Crippen LogP contribution in [0.5, 0.6) is 5.75 Å². The lowest BCUT2D eigenvalue weighted by Gasteiger charge is -2.27. The highest BCUT2D eigenvalue weighted by atomic mass is 79.9. The van der Waals surface area contributed by atoms with Crippen molar-refractivity contribution >= 4 is 41.9 Å². The SMILES string of the molecule is COc1cc(Br)c(C(F)(F)F)cc1N(CCOCCOS(=O)(=O)c1ccc(C)cc1)CCOCCOS(=O)(=O)c1ccc(C)cc1. The number of benzene rings is 3. The molecule has 0 aromatic heterocycles. The van der Waals surface area contributed by atoms with Crippen LogP contribution in [-0.2, 0) is 44.3 Å². The minimum absolute atomic E-state index is 0.00484. The minimum Gasteiger partial charge on any atom is -0.495 e. The van der Waals surface area contributed by atoms with Gasteiger partial charge in [0.1, 0.15) is 5.75 Å². The number of halogens is 4. The maximum atomic E-state index is 13.7. The van der Waals surface area contributed by atoms with E-state index in [1.165, 1.54) is 37.4 Å². The van der Waals surface area contributed by atoms with Gasteiger partial charge in [-0.25, -0.2) is 0 Å². The van der Waals surface area contributed by atoms with Gasteiger partial charge in [0.2, 0.25) is 0 Å². The molecule has 0 spiro atoms. The quantitative estimate of drug-likeness (QED) is 0.118. The van der Waals surface area contributed by atoms with E-state index in [9.17, 15) is 30.0 Å². The zero-order valence-corrected chi connectivity index (χ0v) is 28.6. The van der Waals surface area contributed by atoms with Crippen LogP contribution in [0.2, 0.25) is 0 Å². The van der Waals surface area contributed by atoms with Gasteiger partial charge in [0.05, 0.1) is 67.8 Å². The molecule has 0 heterocycles. The second kappa shape index (κ2) is 16.9. The first kappa shape index (κ1) is 37.7. The average Bonchev–Trinajstić information content (AvgIpc) is 2.99. The molecular formula is C30H35BrF3NO9S2. The van der Waals surface area contributed by atoms with E-state index in [4.69, 9.17) is 22.6 Å². The predicted molar refractivity (Wildman–Crippen MR) is 168 cm³/mol. The van der Waals surface area contributed by atoms with Crippen molar-refractivity contribution in [3.8, 4) is 5.75 Å². The normalized spacial score (nSPS) is 12.3. The Kier molecular flexibility index (Phi) is 13.9. The van der Waals surface area contributed by atoms with Gasteiger partial charge >= 0.3 is 6.18 Å². The third-order valence-electron chi connectivity index (χ3n) is 6.48. The molecule has 0 aliphatic rings. The van der Waals surface area contributed by atoms with Crippen LogP contribution in [0.1, 0.15) is 16.7 Å². The van der Waals surface area contributed by atoms with Crippen molar-refractivity contribution in [3.05, 3.63) is 81.8 Å². The molecule has 254 valence electrons. The topological polar surface area (TPSA) is 118 Å². The number of methoxy groups -OCH3 is 1. The third-order valence-corrected chi connectivity index (χ3v) is 9.79. The second-order valence-corrected chi connectivity index (χ2v) is 14.0. The Labute approximate surface area is 275 Å². The zero-order valence-electron chi connectivity index (χ0n) is 25.4. The molecular weight excluding hydrogens is 719 g/mol. The van der Waals surface area contributed by atoms with Crippen molar-refractivity contribution in [1.29, 1.82) is 0 Å². The lowest BCUT2D eigenvalue weighted by atomic mass is 10.1. The number of hydrogen-bond acceptors (Lipinski definition) is 10. The average molecular weight is 755 g/mol. The first-order valence-electron chi connectivity index (χ1n) is 13.9. The molecule has 3 rings (SSSR count). The summed E-state index contributed by atoms with van der Waals surface area (Å²) in [6.07, 6.45) is -4.65. The fraction of sp³-hybridized carbons (Fsp3) is 0.400. The number of ether oxygens (including phenoxy) is 3. The molecule has 16 heteroatoms. The highest BCUT2D eigenvalue weighted by Gasteiger charge is 2.34. The lowest BCUT2D eigenvalue weighted by molar-refractivity contribution is -0.138. The molecule has 3 aromatic carbocycles. The van der Waals surface area contributed by atoms with Gasteiger partial charge in [-0.1, -0.05) is 51.3 Å². The van der Waals surface area contributed by atoms with Gasteiger partial charge < -0.3 is 19.1 Å². The van der Waals surface area contributed by atoms with Crippen molar-refractivity contribution in [1.82, 2.24) is 0 Å². The van der Waals surface area contributed by atoms with Crippen LogP contribution in [0.25, 0.3) is 0 Å². The molecule has 0 aliphatic heterocycles. The molecule has 3 aromatic rings. The van der Waals surface area contributed by atoms with E-state index < -0.39 is 32.0 Å². The maximum absolute atomic E-state index is 13.7. The van der Waals surface area contributed by atoms with E-state index in [2.05, 4.69) is 15.9 Å². The van der Waals surface area contributed by atoms with Crippen LogP contribution in [0.3, 0.4) is 0 Å². The Balaban J connectivity index is 1.59. The number of rotatable bonds is 18. The Bertz CT molecular complexity index is 1550. The molecule has 0 aliphatic carbocycles. The smallest absolute Gasteiger partial charge is 0.417 e. The number of anilines is 1. The highest BCUT2D eigenvalue weighted by molar-refractivity contribution is 9.10. The Hall–Kier alpha value is -2.73. The zero-order chi connectivity index (χ0) is 34.0. The van der Waals surface area contributed by atoms with Crippen LogP contribution in [0, 0.1) is 13.8 Å². The van der Waals surface area contributed by atoms with Gasteiger partial charge in [0, 0.05) is 17.6 Å². The number of aryl methyl sites for hydroxylation is 2. The van der Waals surface area contributed by atoms with Crippen LogP contribution in [-0.4, -0.2) is 76.7 Å². The molecule has 0 bridgehead atoms. The van der Waals surface area contributed by atoms with Crippen LogP contribution in [0.15, 0.2) is 74.9 Å². The maximum Gasteiger partial charge on any atom is 0.417 e. The largest absolute Gasteiger partial charge is 0.495 e. The van der Waals surface area contributed by atoms with Crippen LogP contribution >= 0.6 is 15.9 Å². The number of hydrogen-bond donors (Lipinski definition) is 0. The van der Waals surface area contributed by atoms with Gasteiger partial charge in [-0.2, -0.15) is 30.0 Å². The summed E-state index contributed by atoms with van der Waals surface area (Å²) in [4.78, 5) is 1.56. The molecule has 0 atom stereocenters. The van der Waals surface area contributed by atoms with Crippen molar-refractivity contribution in [2.45, 2.75) is 29.8 Å². The van der Waals surface area contributed by atoms with Crippen LogP contribution in [0.4, 0.5) is 18.9 Å². The molecule has 0 N–H and O–H groups in total. The van der Waals surface area contributed by atoms with Gasteiger partial charge in [-0.3, -0.25) is 8.37 Å². The van der Waals surface area contributed by atoms with E-state index >= 15 is 0 Å². The molecule has 46 heavy (non-hydrogen) atoms. The lowest BCUT2D eigenvalue weighted by Crippen LogP contribution is -2.32. The summed E-state index contributed by atoms with van der Waals surface area (Å²) < 4.78 is 117. The standard InChI is InChI=1S/C30H35BrF3NO9S2/c1-22-4-8-24(9-5-22)45(36,37)43-18-16-41-14-12-35(28-20-26(30(32,33)34)27(31)21-29(28)40-3)13-15-42-17-19-44-46(38,39)25-10-6-23(2)7-11-25/h4-11,20-21H,12-19H2,1-3H3. The molecule has 0 amide bonds. The molecule has 0 unspecified atom stereocenters. The van der Waals surface area contributed by atoms with Gasteiger partial charge in [-0.15, -0.1) is 0 Å². The van der Waals surface area contributed by atoms with Gasteiger partial charge in [0.25, 0.3) is 20.2 Å². The number of nitrogens with zero attached hydrogens (tertiary/aromatic N) is 1. The molecule has 0 fully saturated rings. The summed E-state index contributed by atoms with van der Waals surface area (Å²) in [7, 11) is -6.65. The molecule has 0 saturated heterocycles. The molecule has 0 radical (unpaired) electrons. The van der Waals surface area contributed by atoms with Gasteiger partial charge in [0.15, 0.2) is 0 Å². The Morgan fingerprint density at radius 1 is 0.696 bits per heavy atom. The van der Waals surface area contributed by atoms with Crippen LogP contribution < -0.4 is 9.64 Å². The summed E-state index contributed by atoms with van der Waals surface area (Å²) in [5, 5.41) is 0. The first-order valence-corrected chi connectivity index (χ1v) is 17.5. The summed E-state index contributed by atoms with van der Waals surface area (Å²) in [6.45, 7) is 3.02. The molecule has 0 saturated carbocycles. The minimum atomic E-state index is -4.65. The van der Waals surface area contributed by atoms with Crippen molar-refractivity contribution in [2.24, 2.45) is 0 Å². The van der Waals surface area contributed by atoms with Gasteiger partial charge in [-0.05, 0) is 50.2 Å². The fourth-order valence-electron chi connectivity index (χ4n) is 4.03. The fourth-order valence-corrected chi connectivity index (χ4v) is 6.36. The predicted octanol–water partition coefficient (Wildman–Crippen LogP) is 5.74. The highest BCUT2D eigenvalue weighted by Crippen LogP contribution is 2.41. The van der Waals surface area contributed by atoms with E-state index in [-0.39, 0.29) is 78.4 Å². The van der Waals surface area contributed by atoms with E-state index in [0.717, 1.165) is 17.2 Å². The first-order chi connectivity index (χ1) is 21.6. The van der Waals surface area contributed by atoms with Crippen molar-refractivity contribution in [2.75, 3.05) is 64.7 Å². The number of alkyl halides is 3. The summed E-state index contributed by atoms with van der Waals surface area (Å²) in [5.74, 6) is 0.153. The molecule has 10 nitrogen and oxygen atoms in total. The third kappa shape index (κ3) is 11.2. The van der Waals surface area contributed by atoms with Crippen molar-refractivity contribution in [3.63, 3.8) is 0 Å². The van der Waals surface area contributed by atoms with E-state index in [1.807, 2.05) is 13.8 Å². The Morgan fingerprint density at radius 3 is 1.52 bits per heavy atom. The second-order valence-electron chi connectivity index (χ2n) is 9.89. The summed E-state index contributed by atoms with van der Waals surface area (Å²) in [5.41, 5.74) is 0.976. The summed E-state index contributed by atoms with van der Waals surface area (Å²) in [6, 6.07) is 14.5.